The molecular weight excluding hydrogens is 158 g/mol. The number of isocyanates is 1. The summed E-state index contributed by atoms with van der Waals surface area (Å²) < 4.78 is 0. The van der Waals surface area contributed by atoms with Gasteiger partial charge in [-0.3, -0.25) is 4.79 Å². The predicted octanol–water partition coefficient (Wildman–Crippen LogP) is 0.720. The lowest BCUT2D eigenvalue weighted by Gasteiger charge is -1.77. The van der Waals surface area contributed by atoms with Crippen LogP contribution in [0, 0.1) is 0 Å². The van der Waals surface area contributed by atoms with E-state index in [-0.39, 0.29) is 11.4 Å². The van der Waals surface area contributed by atoms with Crippen molar-refractivity contribution in [2.45, 2.75) is 0 Å². The molecule has 0 heterocycles. The number of hydrogen-bond donors (Lipinski definition) is 1. The molecule has 0 aliphatic heterocycles. The number of aliphatic imine (C=N–C) groups is 1. The Hall–Kier alpha value is -1.93. The van der Waals surface area contributed by atoms with E-state index in [2.05, 4.69) is 4.99 Å². The lowest BCUT2D eigenvalue weighted by Crippen LogP contribution is -1.90. The second kappa shape index (κ2) is 3.46. The van der Waals surface area contributed by atoms with E-state index in [1.807, 2.05) is 0 Å². The monoisotopic (exact) mass is 163 g/mol. The van der Waals surface area contributed by atoms with Gasteiger partial charge in [-0.15, -0.1) is 0 Å². The SMILES string of the molecule is O=C=Nc1ccc(O)c(=O)cc1. The largest absolute Gasteiger partial charge is 0.504 e. The molecule has 0 atom stereocenters. The van der Waals surface area contributed by atoms with Gasteiger partial charge in [-0.05, 0) is 24.3 Å². The van der Waals surface area contributed by atoms with Crippen molar-refractivity contribution >= 4 is 11.8 Å². The molecule has 4 heteroatoms. The minimum Gasteiger partial charge on any atom is -0.504 e. The van der Waals surface area contributed by atoms with Crippen LogP contribution < -0.4 is 5.43 Å². The molecule has 12 heavy (non-hydrogen) atoms. The normalized spacial score (nSPS) is 8.67. The number of nitrogens with zero attached hydrogens (tertiary/aromatic N) is 1. The molecule has 1 aromatic carbocycles. The van der Waals surface area contributed by atoms with Crippen LogP contribution in [0.2, 0.25) is 0 Å². The van der Waals surface area contributed by atoms with Gasteiger partial charge in [-0.1, -0.05) is 0 Å². The van der Waals surface area contributed by atoms with E-state index in [9.17, 15) is 9.59 Å². The summed E-state index contributed by atoms with van der Waals surface area (Å²) in [5.74, 6) is -0.373. The number of carbonyl (C=O) groups excluding carboxylic acids is 1. The van der Waals surface area contributed by atoms with Gasteiger partial charge in [0, 0.05) is 0 Å². The molecule has 1 rings (SSSR count). The van der Waals surface area contributed by atoms with Crippen molar-refractivity contribution in [1.29, 1.82) is 0 Å². The average Bonchev–Trinajstić information content (AvgIpc) is 2.20. The van der Waals surface area contributed by atoms with Crippen LogP contribution in [0.1, 0.15) is 0 Å². The van der Waals surface area contributed by atoms with Gasteiger partial charge in [-0.25, -0.2) is 4.79 Å². The van der Waals surface area contributed by atoms with Crippen molar-refractivity contribution in [2.75, 3.05) is 0 Å². The third kappa shape index (κ3) is 1.78. The van der Waals surface area contributed by atoms with Gasteiger partial charge < -0.3 is 5.11 Å². The van der Waals surface area contributed by atoms with Crippen molar-refractivity contribution in [2.24, 2.45) is 4.99 Å². The molecule has 0 radical (unpaired) electrons. The molecule has 0 saturated heterocycles. The first-order valence-corrected chi connectivity index (χ1v) is 3.15. The summed E-state index contributed by atoms with van der Waals surface area (Å²) in [6, 6.07) is 4.98. The van der Waals surface area contributed by atoms with E-state index in [0.29, 0.717) is 0 Å². The molecule has 60 valence electrons. The van der Waals surface area contributed by atoms with Crippen molar-refractivity contribution < 1.29 is 9.90 Å². The summed E-state index contributed by atoms with van der Waals surface area (Å²) in [6.07, 6.45) is 1.33. The third-order valence-electron chi connectivity index (χ3n) is 1.24. The second-order valence-electron chi connectivity index (χ2n) is 2.04. The first kappa shape index (κ1) is 8.17. The van der Waals surface area contributed by atoms with Crippen LogP contribution >= 0.6 is 0 Å². The Morgan fingerprint density at radius 3 is 2.58 bits per heavy atom. The lowest BCUT2D eigenvalue weighted by molar-refractivity contribution is 0.471. The van der Waals surface area contributed by atoms with Gasteiger partial charge in [0.05, 0.1) is 5.69 Å². The van der Waals surface area contributed by atoms with E-state index < -0.39 is 5.43 Å². The second-order valence-corrected chi connectivity index (χ2v) is 2.04. The molecule has 0 aliphatic rings. The maximum atomic E-state index is 10.8. The Labute approximate surface area is 67.8 Å². The maximum Gasteiger partial charge on any atom is 0.240 e. The van der Waals surface area contributed by atoms with E-state index in [1.165, 1.54) is 24.3 Å². The van der Waals surface area contributed by atoms with E-state index >= 15 is 0 Å². The summed E-state index contributed by atoms with van der Waals surface area (Å²) in [5, 5.41) is 8.92. The molecule has 0 fully saturated rings. The van der Waals surface area contributed by atoms with Crippen molar-refractivity contribution in [3.05, 3.63) is 34.5 Å². The maximum absolute atomic E-state index is 10.8. The first-order chi connectivity index (χ1) is 5.74. The van der Waals surface area contributed by atoms with Crippen LogP contribution in [0.15, 0.2) is 34.1 Å². The van der Waals surface area contributed by atoms with E-state index in [4.69, 9.17) is 5.11 Å². The smallest absolute Gasteiger partial charge is 0.240 e. The minimum atomic E-state index is -0.512. The van der Waals surface area contributed by atoms with Gasteiger partial charge in [0.2, 0.25) is 11.5 Å². The molecule has 0 aliphatic carbocycles. The molecular formula is C8H5NO3. The fourth-order valence-electron chi connectivity index (χ4n) is 0.676. The molecule has 1 aromatic rings. The van der Waals surface area contributed by atoms with Crippen molar-refractivity contribution in [3.8, 4) is 5.75 Å². The Balaban J connectivity index is 3.35. The summed E-state index contributed by atoms with van der Waals surface area (Å²) in [5.41, 5.74) is -0.232. The summed E-state index contributed by atoms with van der Waals surface area (Å²) >= 11 is 0. The summed E-state index contributed by atoms with van der Waals surface area (Å²) in [6.45, 7) is 0. The van der Waals surface area contributed by atoms with Crippen LogP contribution in [0.25, 0.3) is 0 Å². The molecule has 0 saturated carbocycles. The fraction of sp³-hybridized carbons (Fsp3) is 0. The molecule has 0 aromatic heterocycles. The molecule has 1 N–H and O–H groups in total. The molecule has 0 amide bonds. The highest BCUT2D eigenvalue weighted by Gasteiger charge is 1.91. The van der Waals surface area contributed by atoms with Crippen molar-refractivity contribution in [1.82, 2.24) is 0 Å². The number of aromatic hydroxyl groups is 1. The van der Waals surface area contributed by atoms with Gasteiger partial charge >= 0.3 is 0 Å². The van der Waals surface area contributed by atoms with Crippen LogP contribution in [0.4, 0.5) is 5.69 Å². The van der Waals surface area contributed by atoms with Gasteiger partial charge in [-0.2, -0.15) is 4.99 Å². The summed E-state index contributed by atoms with van der Waals surface area (Å²) in [4.78, 5) is 23.9. The molecule has 0 bridgehead atoms. The van der Waals surface area contributed by atoms with Crippen LogP contribution in [0.3, 0.4) is 0 Å². The first-order valence-electron chi connectivity index (χ1n) is 3.15. The molecule has 0 unspecified atom stereocenters. The highest BCUT2D eigenvalue weighted by atomic mass is 16.3. The predicted molar refractivity (Wildman–Crippen MR) is 42.2 cm³/mol. The average molecular weight is 163 g/mol. The Kier molecular flexibility index (Phi) is 2.35. The fourth-order valence-corrected chi connectivity index (χ4v) is 0.676. The topological polar surface area (TPSA) is 66.7 Å². The van der Waals surface area contributed by atoms with Gasteiger partial charge in [0.1, 0.15) is 0 Å². The van der Waals surface area contributed by atoms with Gasteiger partial charge in [0.25, 0.3) is 0 Å². The number of hydrogen-bond acceptors (Lipinski definition) is 4. The molecule has 4 nitrogen and oxygen atoms in total. The van der Waals surface area contributed by atoms with E-state index in [0.717, 1.165) is 6.07 Å². The van der Waals surface area contributed by atoms with Crippen molar-refractivity contribution in [3.63, 3.8) is 0 Å². The minimum absolute atomic E-state index is 0.280. The van der Waals surface area contributed by atoms with E-state index in [1.54, 1.807) is 0 Å². The highest BCUT2D eigenvalue weighted by Crippen LogP contribution is 2.09. The highest BCUT2D eigenvalue weighted by molar-refractivity contribution is 5.48. The van der Waals surface area contributed by atoms with Crippen LogP contribution in [0.5, 0.6) is 5.75 Å². The lowest BCUT2D eigenvalue weighted by atomic mass is 10.4. The Morgan fingerprint density at radius 1 is 1.25 bits per heavy atom. The Bertz CT molecular complexity index is 394. The zero-order valence-corrected chi connectivity index (χ0v) is 6.02. The Morgan fingerprint density at radius 2 is 1.92 bits per heavy atom. The zero-order valence-electron chi connectivity index (χ0n) is 6.02. The quantitative estimate of drug-likeness (QED) is 0.490. The zero-order chi connectivity index (χ0) is 8.97. The number of rotatable bonds is 1. The standard InChI is InChI=1S/C8H5NO3/c10-5-9-6-1-3-7(11)8(12)4-2-6/h1-4H,(H,11,12). The van der Waals surface area contributed by atoms with Crippen LogP contribution in [-0.4, -0.2) is 11.2 Å². The van der Waals surface area contributed by atoms with Gasteiger partial charge in [0.15, 0.2) is 5.75 Å². The molecule has 0 spiro atoms. The third-order valence-corrected chi connectivity index (χ3v) is 1.24. The summed E-state index contributed by atoms with van der Waals surface area (Å²) in [7, 11) is 0. The van der Waals surface area contributed by atoms with Crippen LogP contribution in [-0.2, 0) is 4.79 Å².